The van der Waals surface area contributed by atoms with Gasteiger partial charge >= 0.3 is 0 Å². The monoisotopic (exact) mass is 806 g/mol. The van der Waals surface area contributed by atoms with Crippen LogP contribution in [0.3, 0.4) is 0 Å². The summed E-state index contributed by atoms with van der Waals surface area (Å²) in [5.41, 5.74) is 2.68. The lowest BCUT2D eigenvalue weighted by molar-refractivity contribution is -0.277. The smallest absolute Gasteiger partial charge is 0.257 e. The Balaban J connectivity index is 1.08. The average Bonchev–Trinajstić information content (AvgIpc) is 3.23. The second-order valence-corrected chi connectivity index (χ2v) is 15.0. The minimum Gasteiger partial charge on any atom is -0.392 e. The highest BCUT2D eigenvalue weighted by molar-refractivity contribution is 6.30. The fraction of sp³-hybridized carbons (Fsp3) is 0.295. The molecule has 0 radical (unpaired) electrons. The summed E-state index contributed by atoms with van der Waals surface area (Å²) in [4.78, 5) is 15.0. The molecule has 0 bridgehead atoms. The van der Waals surface area contributed by atoms with Crippen molar-refractivity contribution in [2.24, 2.45) is 5.92 Å². The van der Waals surface area contributed by atoms with Gasteiger partial charge in [0.15, 0.2) is 29.6 Å². The number of hydrogen-bond acceptors (Lipinski definition) is 6. The predicted molar refractivity (Wildman–Crippen MR) is 203 cm³/mol. The van der Waals surface area contributed by atoms with Gasteiger partial charge in [-0.25, -0.2) is 22.0 Å². The first-order valence-corrected chi connectivity index (χ1v) is 18.9. The first-order chi connectivity index (χ1) is 27.4. The molecule has 2 saturated heterocycles. The van der Waals surface area contributed by atoms with E-state index in [1.165, 1.54) is 0 Å². The van der Waals surface area contributed by atoms with Crippen LogP contribution < -0.4 is 5.32 Å². The zero-order valence-electron chi connectivity index (χ0n) is 30.8. The number of aliphatic hydroxyl groups is 2. The number of nitrogens with zero attached hydrogens (tertiary/aromatic N) is 1. The summed E-state index contributed by atoms with van der Waals surface area (Å²) in [6.07, 6.45) is -0.264. The van der Waals surface area contributed by atoms with Crippen LogP contribution in [0.15, 0.2) is 97.1 Å². The lowest BCUT2D eigenvalue weighted by atomic mass is 9.84. The molecule has 2 aliphatic heterocycles. The van der Waals surface area contributed by atoms with Crippen molar-refractivity contribution in [1.29, 1.82) is 0 Å². The van der Waals surface area contributed by atoms with E-state index in [9.17, 15) is 37.0 Å². The van der Waals surface area contributed by atoms with E-state index in [4.69, 9.17) is 21.1 Å². The highest BCUT2D eigenvalue weighted by Gasteiger charge is 2.41. The maximum absolute atomic E-state index is 14.3. The van der Waals surface area contributed by atoms with Crippen molar-refractivity contribution < 1.29 is 46.4 Å². The normalized spacial score (nSPS) is 21.0. The number of hydrogen-bond donors (Lipinski definition) is 3. The molecular weight excluding hydrogens is 767 g/mol. The van der Waals surface area contributed by atoms with Gasteiger partial charge in [-0.3, -0.25) is 4.79 Å². The summed E-state index contributed by atoms with van der Waals surface area (Å²) in [5, 5.41) is 24.0. The van der Waals surface area contributed by atoms with E-state index in [1.54, 1.807) is 36.4 Å². The summed E-state index contributed by atoms with van der Waals surface area (Å²) in [5.74, 6) is -12.7. The van der Waals surface area contributed by atoms with Gasteiger partial charge in [-0.2, -0.15) is 0 Å². The third-order valence-electron chi connectivity index (χ3n) is 11.0. The lowest BCUT2D eigenvalue weighted by Crippen LogP contribution is -2.49. The highest BCUT2D eigenvalue weighted by Crippen LogP contribution is 2.43. The zero-order chi connectivity index (χ0) is 40.4. The number of likely N-dealkylation sites (tertiary alicyclic amines) is 1. The van der Waals surface area contributed by atoms with E-state index in [-0.39, 0.29) is 31.3 Å². The molecule has 1 amide bonds. The molecule has 2 fully saturated rings. The number of carbonyl (C=O) groups excluding carboxylic acids is 1. The number of aliphatic hydroxyl groups excluding tert-OH is 1. The number of rotatable bonds is 10. The maximum Gasteiger partial charge on any atom is 0.257 e. The molecule has 13 heteroatoms. The van der Waals surface area contributed by atoms with Crippen LogP contribution in [0.2, 0.25) is 5.02 Å². The van der Waals surface area contributed by atoms with Crippen LogP contribution in [0.4, 0.5) is 22.0 Å². The minimum absolute atomic E-state index is 0.0653. The van der Waals surface area contributed by atoms with Gasteiger partial charge in [0.25, 0.3) is 5.91 Å². The van der Waals surface area contributed by atoms with Crippen molar-refractivity contribution in [3.63, 3.8) is 0 Å². The van der Waals surface area contributed by atoms with Gasteiger partial charge in [0.05, 0.1) is 24.4 Å². The number of ether oxygens (including phenoxy) is 2. The van der Waals surface area contributed by atoms with E-state index in [2.05, 4.69) is 17.1 Å². The van der Waals surface area contributed by atoms with E-state index in [1.807, 2.05) is 60.7 Å². The molecule has 0 saturated carbocycles. The van der Waals surface area contributed by atoms with Gasteiger partial charge in [0.2, 0.25) is 5.82 Å². The van der Waals surface area contributed by atoms with E-state index in [0.29, 0.717) is 48.6 Å². The molecule has 3 N–H and O–H groups in total. The first-order valence-electron chi connectivity index (χ1n) is 18.6. The predicted octanol–water partition coefficient (Wildman–Crippen LogP) is 8.90. The van der Waals surface area contributed by atoms with Crippen molar-refractivity contribution in [1.82, 2.24) is 10.2 Å². The Morgan fingerprint density at radius 2 is 1.40 bits per heavy atom. The number of carbonyl (C=O) groups is 1. The van der Waals surface area contributed by atoms with Crippen LogP contribution in [0.1, 0.15) is 70.3 Å². The molecule has 0 aromatic heterocycles. The number of halogens is 6. The Labute approximate surface area is 331 Å². The van der Waals surface area contributed by atoms with Gasteiger partial charge in [0.1, 0.15) is 5.56 Å². The number of amides is 1. The van der Waals surface area contributed by atoms with Crippen molar-refractivity contribution in [3.8, 4) is 11.1 Å². The van der Waals surface area contributed by atoms with Crippen molar-refractivity contribution in [2.45, 2.75) is 57.0 Å². The quantitative estimate of drug-likeness (QED) is 0.0743. The molecule has 0 aliphatic carbocycles. The van der Waals surface area contributed by atoms with Crippen molar-refractivity contribution in [3.05, 3.63) is 165 Å². The van der Waals surface area contributed by atoms with Crippen LogP contribution >= 0.6 is 11.6 Å². The Morgan fingerprint density at radius 3 is 2.04 bits per heavy atom. The maximum atomic E-state index is 14.3. The van der Waals surface area contributed by atoms with Crippen LogP contribution in [-0.2, 0) is 28.2 Å². The second-order valence-electron chi connectivity index (χ2n) is 14.6. The van der Waals surface area contributed by atoms with Crippen molar-refractivity contribution >= 4 is 17.5 Å². The molecule has 4 unspecified atom stereocenters. The Bertz CT molecular complexity index is 2190. The van der Waals surface area contributed by atoms with Crippen LogP contribution in [0.25, 0.3) is 11.1 Å². The summed E-state index contributed by atoms with van der Waals surface area (Å²) in [6.45, 7) is 3.65. The molecule has 5 aromatic rings. The van der Waals surface area contributed by atoms with E-state index < -0.39 is 52.4 Å². The first kappa shape index (κ1) is 40.5. The third kappa shape index (κ3) is 8.48. The molecule has 2 heterocycles. The van der Waals surface area contributed by atoms with Crippen LogP contribution in [0, 0.1) is 35.0 Å². The van der Waals surface area contributed by atoms with Crippen molar-refractivity contribution in [2.75, 3.05) is 19.6 Å². The fourth-order valence-electron chi connectivity index (χ4n) is 7.58. The topological polar surface area (TPSA) is 91.3 Å². The number of piperidine rings is 1. The molecular formula is C44H40ClF5N2O5. The Morgan fingerprint density at radius 1 is 0.807 bits per heavy atom. The minimum atomic E-state index is -2.34. The average molecular weight is 807 g/mol. The van der Waals surface area contributed by atoms with E-state index in [0.717, 1.165) is 27.8 Å². The standard InChI is InChI=1S/C44H40ClF5N2O5/c1-25-34(23-52-20-18-44(55,19-21-52)31-14-16-32(45)17-15-31)56-43(57-41(25)28-8-6-26(24-53)7-9-28)29-12-10-27(11-13-29)33-5-3-2-4-30(33)22-51-42(54)35-36(46)38(48)40(50)39(49)37(35)47/h2-17,25,34,41,43,53,55H,18-24H2,1H3,(H,51,54). The summed E-state index contributed by atoms with van der Waals surface area (Å²) in [7, 11) is 0. The summed E-state index contributed by atoms with van der Waals surface area (Å²) >= 11 is 6.09. The lowest BCUT2D eigenvalue weighted by Gasteiger charge is -2.45. The van der Waals surface area contributed by atoms with Crippen LogP contribution in [-0.4, -0.2) is 46.8 Å². The summed E-state index contributed by atoms with van der Waals surface area (Å²) in [6, 6.07) is 29.2. The second kappa shape index (κ2) is 17.0. The zero-order valence-corrected chi connectivity index (χ0v) is 31.6. The third-order valence-corrected chi connectivity index (χ3v) is 11.3. The van der Waals surface area contributed by atoms with Gasteiger partial charge in [-0.05, 0) is 58.4 Å². The summed E-state index contributed by atoms with van der Waals surface area (Å²) < 4.78 is 83.0. The molecule has 0 spiro atoms. The number of benzene rings is 5. The SMILES string of the molecule is CC1C(CN2CCC(O)(c3ccc(Cl)cc3)CC2)OC(c2ccc(-c3ccccc3CNC(=O)c3c(F)c(F)c(F)c(F)c3F)cc2)OC1c1ccc(CO)cc1. The highest BCUT2D eigenvalue weighted by atomic mass is 35.5. The molecule has 2 aliphatic rings. The van der Waals surface area contributed by atoms with Gasteiger partial charge in [-0.1, -0.05) is 103 Å². The van der Waals surface area contributed by atoms with Gasteiger partial charge < -0.3 is 29.9 Å². The van der Waals surface area contributed by atoms with Crippen LogP contribution in [0.5, 0.6) is 0 Å². The molecule has 5 aromatic carbocycles. The molecule has 7 nitrogen and oxygen atoms in total. The number of nitrogens with one attached hydrogen (secondary N) is 1. The Kier molecular flexibility index (Phi) is 12.1. The fourth-order valence-corrected chi connectivity index (χ4v) is 7.71. The largest absolute Gasteiger partial charge is 0.392 e. The molecule has 298 valence electrons. The molecule has 7 rings (SSSR count). The van der Waals surface area contributed by atoms with E-state index >= 15 is 0 Å². The molecule has 4 atom stereocenters. The molecule has 57 heavy (non-hydrogen) atoms. The van der Waals surface area contributed by atoms with Gasteiger partial charge in [-0.15, -0.1) is 0 Å². The Hall–Kier alpha value is -4.69. The van der Waals surface area contributed by atoms with Gasteiger partial charge in [0, 0.05) is 42.7 Å².